The van der Waals surface area contributed by atoms with Crippen LogP contribution in [0.3, 0.4) is 0 Å². The molecule has 0 spiro atoms. The molecular formula is C9H16N4O2. The number of aliphatic hydroxyl groups is 1. The topological polar surface area (TPSA) is 76.5 Å². The maximum atomic E-state index is 9.24. The first-order valence-corrected chi connectivity index (χ1v) is 4.94. The van der Waals surface area contributed by atoms with E-state index in [0.717, 1.165) is 0 Å². The van der Waals surface area contributed by atoms with E-state index in [9.17, 15) is 5.11 Å². The Hall–Kier alpha value is -1.27. The lowest BCUT2D eigenvalue weighted by Crippen LogP contribution is -2.57. The summed E-state index contributed by atoms with van der Waals surface area (Å²) in [5.41, 5.74) is 6.24. The second kappa shape index (κ2) is 3.71. The lowest BCUT2D eigenvalue weighted by atomic mass is 10.1. The van der Waals surface area contributed by atoms with Gasteiger partial charge in [0, 0.05) is 20.1 Å². The molecule has 1 aliphatic rings. The number of rotatable bonds is 3. The van der Waals surface area contributed by atoms with Crippen LogP contribution in [0.1, 0.15) is 6.92 Å². The molecule has 0 radical (unpaired) electrons. The van der Waals surface area contributed by atoms with Gasteiger partial charge in [0.05, 0.1) is 6.20 Å². The van der Waals surface area contributed by atoms with Crippen molar-refractivity contribution in [2.45, 2.75) is 19.3 Å². The Kier molecular flexibility index (Phi) is 2.54. The lowest BCUT2D eigenvalue weighted by Gasteiger charge is -2.40. The Bertz CT molecular complexity index is 344. The predicted octanol–water partition coefficient (Wildman–Crippen LogP) is -0.596. The molecule has 1 unspecified atom stereocenters. The van der Waals surface area contributed by atoms with Crippen molar-refractivity contribution in [1.82, 2.24) is 14.7 Å². The third-order valence-electron chi connectivity index (χ3n) is 2.50. The Morgan fingerprint density at radius 3 is 2.80 bits per heavy atom. The third kappa shape index (κ3) is 2.05. The van der Waals surface area contributed by atoms with Gasteiger partial charge >= 0.3 is 0 Å². The molecule has 2 rings (SSSR count). The van der Waals surface area contributed by atoms with Crippen molar-refractivity contribution in [2.24, 2.45) is 7.05 Å². The second-order valence-corrected chi connectivity index (χ2v) is 3.89. The summed E-state index contributed by atoms with van der Waals surface area (Å²) in [6.07, 6.45) is 1.38. The largest absolute Gasteiger partial charge is 0.469 e. The quantitative estimate of drug-likeness (QED) is 0.700. The fourth-order valence-electron chi connectivity index (χ4n) is 1.59. The molecule has 15 heavy (non-hydrogen) atoms. The van der Waals surface area contributed by atoms with Crippen LogP contribution in [0, 0.1) is 0 Å². The van der Waals surface area contributed by atoms with E-state index in [0.29, 0.717) is 24.7 Å². The van der Waals surface area contributed by atoms with Crippen LogP contribution >= 0.6 is 0 Å². The summed E-state index contributed by atoms with van der Waals surface area (Å²) >= 11 is 0. The summed E-state index contributed by atoms with van der Waals surface area (Å²) in [4.78, 5) is 1.91. The van der Waals surface area contributed by atoms with E-state index >= 15 is 0 Å². The van der Waals surface area contributed by atoms with Crippen molar-refractivity contribution in [2.75, 3.05) is 18.8 Å². The van der Waals surface area contributed by atoms with Gasteiger partial charge in [-0.1, -0.05) is 0 Å². The van der Waals surface area contributed by atoms with Crippen LogP contribution in [-0.4, -0.2) is 45.2 Å². The molecule has 0 amide bonds. The molecule has 0 aliphatic carbocycles. The van der Waals surface area contributed by atoms with E-state index in [1.54, 1.807) is 24.9 Å². The summed E-state index contributed by atoms with van der Waals surface area (Å²) in [6.45, 7) is 3.17. The normalized spacial score (nSPS) is 19.9. The zero-order valence-corrected chi connectivity index (χ0v) is 8.92. The van der Waals surface area contributed by atoms with E-state index in [1.807, 2.05) is 4.90 Å². The molecule has 1 atom stereocenters. The number of nitrogens with two attached hydrogens (primary N) is 1. The van der Waals surface area contributed by atoms with Gasteiger partial charge in [-0.05, 0) is 6.92 Å². The maximum Gasteiger partial charge on any atom is 0.256 e. The molecule has 1 saturated heterocycles. The fraction of sp³-hybridized carbons (Fsp3) is 0.667. The highest BCUT2D eigenvalue weighted by atomic mass is 16.5. The van der Waals surface area contributed by atoms with E-state index in [-0.39, 0.29) is 6.10 Å². The number of nitrogen functional groups attached to an aromatic ring is 1. The van der Waals surface area contributed by atoms with Crippen LogP contribution in [0.4, 0.5) is 5.69 Å². The number of aliphatic hydroxyl groups excluding tert-OH is 1. The van der Waals surface area contributed by atoms with Crippen molar-refractivity contribution in [3.05, 3.63) is 6.20 Å². The molecule has 1 fully saturated rings. The first-order chi connectivity index (χ1) is 7.06. The Morgan fingerprint density at radius 1 is 1.67 bits per heavy atom. The van der Waals surface area contributed by atoms with Crippen LogP contribution in [0.5, 0.6) is 5.88 Å². The van der Waals surface area contributed by atoms with Gasteiger partial charge in [0.1, 0.15) is 18.0 Å². The summed E-state index contributed by atoms with van der Waals surface area (Å²) in [5, 5.41) is 13.3. The molecule has 3 N–H and O–H groups in total. The lowest BCUT2D eigenvalue weighted by molar-refractivity contribution is -0.0815. The average Bonchev–Trinajstić information content (AvgIpc) is 2.36. The van der Waals surface area contributed by atoms with Gasteiger partial charge < -0.3 is 15.6 Å². The van der Waals surface area contributed by atoms with Crippen molar-refractivity contribution in [3.8, 4) is 5.88 Å². The molecule has 0 aromatic carbocycles. The zero-order valence-electron chi connectivity index (χ0n) is 8.92. The van der Waals surface area contributed by atoms with Gasteiger partial charge in [0.15, 0.2) is 0 Å². The molecule has 0 bridgehead atoms. The van der Waals surface area contributed by atoms with Crippen LogP contribution in [0.15, 0.2) is 6.20 Å². The number of likely N-dealkylation sites (tertiary alicyclic amines) is 1. The molecule has 2 heterocycles. The Balaban J connectivity index is 1.87. The van der Waals surface area contributed by atoms with Gasteiger partial charge in [-0.2, -0.15) is 0 Å². The van der Waals surface area contributed by atoms with Crippen molar-refractivity contribution >= 4 is 5.69 Å². The first kappa shape index (κ1) is 10.3. The van der Waals surface area contributed by atoms with Crippen molar-refractivity contribution in [1.29, 1.82) is 0 Å². The smallest absolute Gasteiger partial charge is 0.256 e. The molecule has 84 valence electrons. The molecule has 6 heteroatoms. The highest BCUT2D eigenvalue weighted by molar-refractivity contribution is 5.45. The number of hydrogen-bond acceptors (Lipinski definition) is 5. The molecule has 6 nitrogen and oxygen atoms in total. The average molecular weight is 212 g/mol. The SMILES string of the molecule is CC(O)N1CC(Oc2nn(C)cc2N)C1. The number of aryl methyl sites for hydroxylation is 1. The standard InChI is InChI=1S/C9H16N4O2/c1-6(14)13-3-7(4-13)15-9-8(10)5-12(2)11-9/h5-7,14H,3-4,10H2,1-2H3. The molecule has 1 aromatic heterocycles. The van der Waals surface area contributed by atoms with Gasteiger partial charge in [-0.3, -0.25) is 9.58 Å². The molecule has 1 aromatic rings. The molecule has 0 saturated carbocycles. The van der Waals surface area contributed by atoms with Gasteiger partial charge in [0.2, 0.25) is 0 Å². The highest BCUT2D eigenvalue weighted by Gasteiger charge is 2.31. The minimum atomic E-state index is -0.411. The molecule has 1 aliphatic heterocycles. The van der Waals surface area contributed by atoms with E-state index in [2.05, 4.69) is 5.10 Å². The first-order valence-electron chi connectivity index (χ1n) is 4.94. The van der Waals surface area contributed by atoms with Gasteiger partial charge in [-0.25, -0.2) is 0 Å². The zero-order chi connectivity index (χ0) is 11.0. The number of hydrogen-bond donors (Lipinski definition) is 2. The minimum absolute atomic E-state index is 0.0804. The van der Waals surface area contributed by atoms with Crippen LogP contribution in [-0.2, 0) is 7.05 Å². The minimum Gasteiger partial charge on any atom is -0.469 e. The number of nitrogens with zero attached hydrogens (tertiary/aromatic N) is 3. The maximum absolute atomic E-state index is 9.24. The summed E-state index contributed by atoms with van der Waals surface area (Å²) < 4.78 is 7.19. The van der Waals surface area contributed by atoms with E-state index < -0.39 is 6.23 Å². The van der Waals surface area contributed by atoms with E-state index in [1.165, 1.54) is 0 Å². The highest BCUT2D eigenvalue weighted by Crippen LogP contribution is 2.22. The second-order valence-electron chi connectivity index (χ2n) is 3.89. The fourth-order valence-corrected chi connectivity index (χ4v) is 1.59. The number of anilines is 1. The Morgan fingerprint density at radius 2 is 2.33 bits per heavy atom. The predicted molar refractivity (Wildman–Crippen MR) is 55.3 cm³/mol. The Labute approximate surface area is 88.2 Å². The van der Waals surface area contributed by atoms with Crippen molar-refractivity contribution < 1.29 is 9.84 Å². The van der Waals surface area contributed by atoms with Crippen LogP contribution < -0.4 is 10.5 Å². The van der Waals surface area contributed by atoms with Gasteiger partial charge in [-0.15, -0.1) is 5.10 Å². The molecular weight excluding hydrogens is 196 g/mol. The van der Waals surface area contributed by atoms with Gasteiger partial charge in [0.25, 0.3) is 5.88 Å². The summed E-state index contributed by atoms with van der Waals surface area (Å²) in [7, 11) is 1.80. The third-order valence-corrected chi connectivity index (χ3v) is 2.50. The van der Waals surface area contributed by atoms with Crippen LogP contribution in [0.25, 0.3) is 0 Å². The monoisotopic (exact) mass is 212 g/mol. The van der Waals surface area contributed by atoms with E-state index in [4.69, 9.17) is 10.5 Å². The van der Waals surface area contributed by atoms with Crippen LogP contribution in [0.2, 0.25) is 0 Å². The van der Waals surface area contributed by atoms with Crippen molar-refractivity contribution in [3.63, 3.8) is 0 Å². The number of aromatic nitrogens is 2. The summed E-state index contributed by atoms with van der Waals surface area (Å²) in [5.74, 6) is 0.479. The number of ether oxygens (including phenoxy) is 1. The summed E-state index contributed by atoms with van der Waals surface area (Å²) in [6, 6.07) is 0.